The summed E-state index contributed by atoms with van der Waals surface area (Å²) in [7, 11) is 0. The molecule has 0 spiro atoms. The zero-order valence-corrected chi connectivity index (χ0v) is 13.6. The van der Waals surface area contributed by atoms with E-state index in [2.05, 4.69) is 13.0 Å². The second kappa shape index (κ2) is 18.3. The Morgan fingerprint density at radius 3 is 1.50 bits per heavy atom. The van der Waals surface area contributed by atoms with Gasteiger partial charge in [0.1, 0.15) is 6.26 Å². The van der Waals surface area contributed by atoms with E-state index in [0.29, 0.717) is 0 Å². The van der Waals surface area contributed by atoms with Crippen LogP contribution in [0.25, 0.3) is 0 Å². The van der Waals surface area contributed by atoms with Gasteiger partial charge in [0.2, 0.25) is 0 Å². The predicted molar refractivity (Wildman–Crippen MR) is 89.3 cm³/mol. The van der Waals surface area contributed by atoms with E-state index in [9.17, 15) is 5.11 Å². The van der Waals surface area contributed by atoms with Gasteiger partial charge in [-0.25, -0.2) is 0 Å². The summed E-state index contributed by atoms with van der Waals surface area (Å²) in [6.07, 6.45) is 25.7. The van der Waals surface area contributed by atoms with Crippen LogP contribution in [0, 0.1) is 0 Å². The van der Waals surface area contributed by atoms with E-state index in [1.807, 2.05) is 6.08 Å². The Labute approximate surface area is 127 Å². The molecular weight excluding hydrogens is 244 g/mol. The number of allylic oxidation sites excluding steroid dienone is 3. The second-order valence-electron chi connectivity index (χ2n) is 5.79. The highest BCUT2D eigenvalue weighted by Gasteiger charge is 1.93. The first kappa shape index (κ1) is 19.3. The van der Waals surface area contributed by atoms with Crippen LogP contribution in [0.15, 0.2) is 24.5 Å². The van der Waals surface area contributed by atoms with Gasteiger partial charge in [0.15, 0.2) is 0 Å². The summed E-state index contributed by atoms with van der Waals surface area (Å²) in [4.78, 5) is 0. The van der Waals surface area contributed by atoms with Gasteiger partial charge in [0, 0.05) is 0 Å². The summed E-state index contributed by atoms with van der Waals surface area (Å²) in [6.45, 7) is 2.28. The minimum Gasteiger partial charge on any atom is -0.299 e. The van der Waals surface area contributed by atoms with Crippen LogP contribution >= 0.6 is 0 Å². The van der Waals surface area contributed by atoms with Gasteiger partial charge in [0.05, 0.1) is 0 Å². The monoisotopic (exact) mass is 279 g/mol. The molecule has 0 aliphatic carbocycles. The van der Waals surface area contributed by atoms with Gasteiger partial charge >= 0.3 is 0 Å². The van der Waals surface area contributed by atoms with Crippen molar-refractivity contribution in [3.63, 3.8) is 0 Å². The molecule has 0 saturated heterocycles. The molecular formula is C19H35O. The van der Waals surface area contributed by atoms with Crippen molar-refractivity contribution < 1.29 is 5.11 Å². The minimum absolute atomic E-state index is 0.834. The first-order valence-electron chi connectivity index (χ1n) is 8.85. The van der Waals surface area contributed by atoms with E-state index in [1.54, 1.807) is 6.08 Å². The topological polar surface area (TPSA) is 19.9 Å². The third-order valence-corrected chi connectivity index (χ3v) is 3.80. The molecule has 20 heavy (non-hydrogen) atoms. The zero-order chi connectivity index (χ0) is 14.7. The average Bonchev–Trinajstić information content (AvgIpc) is 2.47. The molecule has 0 rings (SSSR count). The van der Waals surface area contributed by atoms with E-state index in [-0.39, 0.29) is 0 Å². The van der Waals surface area contributed by atoms with Crippen molar-refractivity contribution in [2.45, 2.75) is 96.8 Å². The standard InChI is InChI=1S/C19H35O/c1-2-3-4-5-6-7-8-9-10-11-12-13-14-15-16-17-18-19-20/h16-19H,2-15H2,1H3/b17-16+,19-18+. The lowest BCUT2D eigenvalue weighted by Gasteiger charge is -2.02. The summed E-state index contributed by atoms with van der Waals surface area (Å²) >= 11 is 0. The minimum atomic E-state index is 0.834. The van der Waals surface area contributed by atoms with Crippen molar-refractivity contribution in [1.29, 1.82) is 0 Å². The fourth-order valence-electron chi connectivity index (χ4n) is 2.50. The van der Waals surface area contributed by atoms with E-state index in [0.717, 1.165) is 12.7 Å². The molecule has 1 heteroatoms. The molecule has 0 aliphatic rings. The summed E-state index contributed by atoms with van der Waals surface area (Å²) in [5.41, 5.74) is 0. The van der Waals surface area contributed by atoms with E-state index < -0.39 is 0 Å². The fraction of sp³-hybridized carbons (Fsp3) is 0.789. The summed E-state index contributed by atoms with van der Waals surface area (Å²) < 4.78 is 0. The Hall–Kier alpha value is -0.720. The first-order valence-corrected chi connectivity index (χ1v) is 8.85. The average molecular weight is 279 g/mol. The molecule has 0 amide bonds. The lowest BCUT2D eigenvalue weighted by Crippen LogP contribution is -1.82. The van der Waals surface area contributed by atoms with E-state index in [4.69, 9.17) is 0 Å². The predicted octanol–water partition coefficient (Wildman–Crippen LogP) is 6.97. The molecule has 0 fully saturated rings. The van der Waals surface area contributed by atoms with Crippen molar-refractivity contribution in [3.8, 4) is 0 Å². The maximum Gasteiger partial charge on any atom is 0.142 e. The maximum atomic E-state index is 10.0. The Kier molecular flexibility index (Phi) is 17.6. The molecule has 0 aliphatic heterocycles. The highest BCUT2D eigenvalue weighted by atomic mass is 16.2. The van der Waals surface area contributed by atoms with Gasteiger partial charge in [-0.05, 0) is 18.9 Å². The van der Waals surface area contributed by atoms with Gasteiger partial charge < -0.3 is 0 Å². The molecule has 0 aromatic heterocycles. The van der Waals surface area contributed by atoms with E-state index in [1.165, 1.54) is 83.5 Å². The van der Waals surface area contributed by atoms with Crippen molar-refractivity contribution in [2.24, 2.45) is 0 Å². The smallest absolute Gasteiger partial charge is 0.142 e. The van der Waals surface area contributed by atoms with Crippen LogP contribution in [-0.4, -0.2) is 0 Å². The van der Waals surface area contributed by atoms with Crippen LogP contribution in [0.2, 0.25) is 0 Å². The second-order valence-corrected chi connectivity index (χ2v) is 5.79. The Morgan fingerprint density at radius 2 is 1.05 bits per heavy atom. The number of unbranched alkanes of at least 4 members (excludes halogenated alkanes) is 13. The van der Waals surface area contributed by atoms with Crippen molar-refractivity contribution in [1.82, 2.24) is 0 Å². The third kappa shape index (κ3) is 17.3. The quantitative estimate of drug-likeness (QED) is 0.175. The Balaban J connectivity index is 2.99. The molecule has 0 heterocycles. The molecule has 0 N–H and O–H groups in total. The van der Waals surface area contributed by atoms with Crippen LogP contribution in [0.5, 0.6) is 0 Å². The fourth-order valence-corrected chi connectivity index (χ4v) is 2.50. The number of hydrogen-bond donors (Lipinski definition) is 0. The zero-order valence-electron chi connectivity index (χ0n) is 13.6. The van der Waals surface area contributed by atoms with Crippen molar-refractivity contribution in [2.75, 3.05) is 0 Å². The lowest BCUT2D eigenvalue weighted by atomic mass is 10.0. The Morgan fingerprint density at radius 1 is 0.600 bits per heavy atom. The molecule has 117 valence electrons. The van der Waals surface area contributed by atoms with Crippen LogP contribution < -0.4 is 0 Å². The summed E-state index contributed by atoms with van der Waals surface area (Å²) in [5, 5.41) is 10.0. The van der Waals surface area contributed by atoms with Gasteiger partial charge in [-0.3, -0.25) is 5.11 Å². The SMILES string of the molecule is CCCCCCCCCCCCCCC/C=C/C=C/[O]. The molecule has 0 aromatic carbocycles. The van der Waals surface area contributed by atoms with Crippen molar-refractivity contribution in [3.05, 3.63) is 24.5 Å². The maximum absolute atomic E-state index is 10.0. The largest absolute Gasteiger partial charge is 0.299 e. The number of hydrogen-bond acceptors (Lipinski definition) is 0. The van der Waals surface area contributed by atoms with Crippen molar-refractivity contribution >= 4 is 0 Å². The van der Waals surface area contributed by atoms with Crippen LogP contribution in [0.3, 0.4) is 0 Å². The highest BCUT2D eigenvalue weighted by Crippen LogP contribution is 2.12. The normalized spacial score (nSPS) is 11.8. The highest BCUT2D eigenvalue weighted by molar-refractivity contribution is 4.98. The van der Waals surface area contributed by atoms with Crippen LogP contribution in [-0.2, 0) is 5.11 Å². The first-order chi connectivity index (χ1) is 9.91. The molecule has 0 unspecified atom stereocenters. The van der Waals surface area contributed by atoms with Gasteiger partial charge in [-0.15, -0.1) is 0 Å². The number of rotatable bonds is 15. The molecule has 0 bridgehead atoms. The molecule has 1 nitrogen and oxygen atoms in total. The van der Waals surface area contributed by atoms with Crippen LogP contribution in [0.1, 0.15) is 96.8 Å². The molecule has 0 atom stereocenters. The Bertz CT molecular complexity index is 218. The van der Waals surface area contributed by atoms with Gasteiger partial charge in [0.25, 0.3) is 0 Å². The lowest BCUT2D eigenvalue weighted by molar-refractivity contribution is 0.352. The molecule has 1 radical (unpaired) electrons. The third-order valence-electron chi connectivity index (χ3n) is 3.80. The molecule has 0 aromatic rings. The summed E-state index contributed by atoms with van der Waals surface area (Å²) in [5.74, 6) is 0. The molecule has 0 saturated carbocycles. The summed E-state index contributed by atoms with van der Waals surface area (Å²) in [6, 6.07) is 0. The van der Waals surface area contributed by atoms with Crippen LogP contribution in [0.4, 0.5) is 0 Å². The van der Waals surface area contributed by atoms with E-state index >= 15 is 0 Å². The van der Waals surface area contributed by atoms with Gasteiger partial charge in [-0.1, -0.05) is 96.1 Å². The van der Waals surface area contributed by atoms with Gasteiger partial charge in [-0.2, -0.15) is 0 Å².